The lowest BCUT2D eigenvalue weighted by molar-refractivity contribution is -0.130. The molecule has 3 aromatic rings. The van der Waals surface area contributed by atoms with Gasteiger partial charge in [0, 0.05) is 20.1 Å². The van der Waals surface area contributed by atoms with Gasteiger partial charge in [-0.2, -0.15) is 0 Å². The third-order valence-electron chi connectivity index (χ3n) is 5.98. The van der Waals surface area contributed by atoms with Crippen molar-refractivity contribution in [3.63, 3.8) is 0 Å². The van der Waals surface area contributed by atoms with Crippen molar-refractivity contribution >= 4 is 32.5 Å². The fourth-order valence-corrected chi connectivity index (χ4v) is 5.20. The predicted molar refractivity (Wildman–Crippen MR) is 128 cm³/mol. The van der Waals surface area contributed by atoms with Crippen LogP contribution in [0.5, 0.6) is 5.75 Å². The molecule has 1 aliphatic heterocycles. The molecule has 4 rings (SSSR count). The number of hydrogen-bond donors (Lipinski definition) is 1. The van der Waals surface area contributed by atoms with Crippen molar-refractivity contribution in [3.05, 3.63) is 62.8 Å². The lowest BCUT2D eigenvalue weighted by Crippen LogP contribution is -2.43. The van der Waals surface area contributed by atoms with Gasteiger partial charge in [0.25, 0.3) is 15.6 Å². The van der Waals surface area contributed by atoms with Gasteiger partial charge < -0.3 is 9.64 Å². The molecule has 11 heteroatoms. The number of sulfonamides is 1. The lowest BCUT2D eigenvalue weighted by atomic mass is 10.2. The number of nitrogens with one attached hydrogen (secondary N) is 1. The van der Waals surface area contributed by atoms with Crippen LogP contribution in [0.1, 0.15) is 18.4 Å². The summed E-state index contributed by atoms with van der Waals surface area (Å²) in [6.07, 6.45) is 1.77. The molecule has 34 heavy (non-hydrogen) atoms. The molecule has 0 saturated carbocycles. The van der Waals surface area contributed by atoms with Gasteiger partial charge in [-0.3, -0.25) is 23.4 Å². The minimum absolute atomic E-state index is 0.0235. The molecule has 1 fully saturated rings. The second-order valence-corrected chi connectivity index (χ2v) is 9.99. The molecule has 0 bridgehead atoms. The Hall–Kier alpha value is -3.60. The zero-order valence-corrected chi connectivity index (χ0v) is 20.0. The van der Waals surface area contributed by atoms with E-state index >= 15 is 0 Å². The fourth-order valence-electron chi connectivity index (χ4n) is 4.11. The number of aromatic nitrogens is 2. The summed E-state index contributed by atoms with van der Waals surface area (Å²) in [7, 11) is -1.17. The number of fused-ring (bicyclic) bond motifs is 1. The maximum Gasteiger partial charge on any atom is 0.331 e. The van der Waals surface area contributed by atoms with E-state index in [1.807, 2.05) is 6.92 Å². The summed E-state index contributed by atoms with van der Waals surface area (Å²) < 4.78 is 36.1. The number of ether oxygens (including phenoxy) is 1. The highest BCUT2D eigenvalue weighted by atomic mass is 32.2. The van der Waals surface area contributed by atoms with E-state index in [2.05, 4.69) is 4.72 Å². The molecule has 2 heterocycles. The Kier molecular flexibility index (Phi) is 6.22. The van der Waals surface area contributed by atoms with E-state index in [0.29, 0.717) is 18.8 Å². The number of anilines is 1. The maximum absolute atomic E-state index is 13.2. The molecule has 0 aliphatic carbocycles. The Bertz CT molecular complexity index is 1500. The summed E-state index contributed by atoms with van der Waals surface area (Å²) >= 11 is 0. The molecule has 0 unspecified atom stereocenters. The van der Waals surface area contributed by atoms with Crippen LogP contribution in [0.4, 0.5) is 5.69 Å². The van der Waals surface area contributed by atoms with Gasteiger partial charge in [-0.15, -0.1) is 0 Å². The van der Waals surface area contributed by atoms with Gasteiger partial charge in [-0.25, -0.2) is 13.2 Å². The summed E-state index contributed by atoms with van der Waals surface area (Å²) in [5.41, 5.74) is 0.0142. The number of amides is 1. The Morgan fingerprint density at radius 3 is 2.47 bits per heavy atom. The summed E-state index contributed by atoms with van der Waals surface area (Å²) in [5, 5.41) is 0.0235. The molecule has 0 radical (unpaired) electrons. The number of benzene rings is 2. The second kappa shape index (κ2) is 8.98. The SMILES string of the molecule is COc1ccc(C)cc1NS(=O)(=O)c1ccc2c(c1)c(=O)n(CC(=O)N1CCCC1)c(=O)n2C. The van der Waals surface area contributed by atoms with E-state index in [9.17, 15) is 22.8 Å². The van der Waals surface area contributed by atoms with Crippen LogP contribution >= 0.6 is 0 Å². The van der Waals surface area contributed by atoms with E-state index < -0.39 is 27.8 Å². The van der Waals surface area contributed by atoms with Crippen molar-refractivity contribution in [1.29, 1.82) is 0 Å². The van der Waals surface area contributed by atoms with Crippen LogP contribution in [-0.4, -0.2) is 48.6 Å². The third kappa shape index (κ3) is 4.30. The highest BCUT2D eigenvalue weighted by Gasteiger charge is 2.23. The van der Waals surface area contributed by atoms with Crippen LogP contribution < -0.4 is 20.7 Å². The van der Waals surface area contributed by atoms with E-state index in [4.69, 9.17) is 4.74 Å². The smallest absolute Gasteiger partial charge is 0.331 e. The highest BCUT2D eigenvalue weighted by molar-refractivity contribution is 7.92. The topological polar surface area (TPSA) is 120 Å². The van der Waals surface area contributed by atoms with Crippen molar-refractivity contribution < 1.29 is 17.9 Å². The van der Waals surface area contributed by atoms with Crippen molar-refractivity contribution in [2.45, 2.75) is 31.2 Å². The quantitative estimate of drug-likeness (QED) is 0.563. The number of carbonyl (C=O) groups excluding carboxylic acids is 1. The highest BCUT2D eigenvalue weighted by Crippen LogP contribution is 2.28. The number of carbonyl (C=O) groups is 1. The Labute approximate surface area is 196 Å². The number of hydrogen-bond acceptors (Lipinski definition) is 6. The van der Waals surface area contributed by atoms with E-state index in [-0.39, 0.29) is 27.4 Å². The number of likely N-dealkylation sites (tertiary alicyclic amines) is 1. The second-order valence-electron chi connectivity index (χ2n) is 8.31. The van der Waals surface area contributed by atoms with Gasteiger partial charge in [-0.1, -0.05) is 6.07 Å². The minimum atomic E-state index is -4.08. The van der Waals surface area contributed by atoms with Gasteiger partial charge in [0.2, 0.25) is 5.91 Å². The fraction of sp³-hybridized carbons (Fsp3) is 0.348. The molecular formula is C23H26N4O6S. The molecular weight excluding hydrogens is 460 g/mol. The van der Waals surface area contributed by atoms with Gasteiger partial charge in [0.05, 0.1) is 28.6 Å². The zero-order valence-electron chi connectivity index (χ0n) is 19.2. The van der Waals surface area contributed by atoms with Crippen molar-refractivity contribution in [2.75, 3.05) is 24.9 Å². The van der Waals surface area contributed by atoms with Gasteiger partial charge in [0.15, 0.2) is 0 Å². The normalized spacial score (nSPS) is 13.9. The van der Waals surface area contributed by atoms with Crippen molar-refractivity contribution in [1.82, 2.24) is 14.0 Å². The minimum Gasteiger partial charge on any atom is -0.495 e. The summed E-state index contributed by atoms with van der Waals surface area (Å²) in [4.78, 5) is 40.0. The van der Waals surface area contributed by atoms with Crippen LogP contribution in [0, 0.1) is 6.92 Å². The first kappa shape index (κ1) is 23.6. The number of methoxy groups -OCH3 is 1. The molecule has 1 aliphatic rings. The molecule has 0 atom stereocenters. The summed E-state index contributed by atoms with van der Waals surface area (Å²) in [6.45, 7) is 2.62. The Morgan fingerprint density at radius 2 is 1.79 bits per heavy atom. The summed E-state index contributed by atoms with van der Waals surface area (Å²) in [5.74, 6) is 0.0353. The maximum atomic E-state index is 13.2. The van der Waals surface area contributed by atoms with E-state index in [0.717, 1.165) is 23.0 Å². The molecule has 2 aromatic carbocycles. The zero-order chi connectivity index (χ0) is 24.6. The molecule has 1 aromatic heterocycles. The first-order valence-corrected chi connectivity index (χ1v) is 12.3. The number of aryl methyl sites for hydroxylation is 2. The molecule has 1 saturated heterocycles. The van der Waals surface area contributed by atoms with Gasteiger partial charge in [-0.05, 0) is 55.7 Å². The average Bonchev–Trinajstić information content (AvgIpc) is 3.35. The predicted octanol–water partition coefficient (Wildman–Crippen LogP) is 1.44. The Balaban J connectivity index is 1.77. The van der Waals surface area contributed by atoms with Crippen LogP contribution in [0.3, 0.4) is 0 Å². The van der Waals surface area contributed by atoms with Crippen molar-refractivity contribution in [3.8, 4) is 5.75 Å². The monoisotopic (exact) mass is 486 g/mol. The first-order chi connectivity index (χ1) is 16.1. The molecule has 180 valence electrons. The average molecular weight is 487 g/mol. The summed E-state index contributed by atoms with van der Waals surface area (Å²) in [6, 6.07) is 9.04. The van der Waals surface area contributed by atoms with E-state index in [1.165, 1.54) is 36.9 Å². The lowest BCUT2D eigenvalue weighted by Gasteiger charge is -2.17. The van der Waals surface area contributed by atoms with Crippen LogP contribution in [-0.2, 0) is 28.4 Å². The number of rotatable bonds is 6. The van der Waals surface area contributed by atoms with Crippen molar-refractivity contribution in [2.24, 2.45) is 7.05 Å². The molecule has 1 N–H and O–H groups in total. The van der Waals surface area contributed by atoms with Gasteiger partial charge in [0.1, 0.15) is 12.3 Å². The third-order valence-corrected chi connectivity index (χ3v) is 7.35. The van der Waals surface area contributed by atoms with Crippen LogP contribution in [0.15, 0.2) is 50.9 Å². The number of nitrogens with zero attached hydrogens (tertiary/aromatic N) is 3. The largest absolute Gasteiger partial charge is 0.495 e. The standard InChI is InChI=1S/C23H26N4O6S/c1-15-6-9-20(33-3)18(12-15)24-34(31,32)16-7-8-19-17(13-16)22(29)27(23(30)25(19)2)14-21(28)26-10-4-5-11-26/h6-9,12-13,24H,4-5,10-11,14H2,1-3H3. The Morgan fingerprint density at radius 1 is 1.09 bits per heavy atom. The van der Waals surface area contributed by atoms with E-state index in [1.54, 1.807) is 23.1 Å². The van der Waals surface area contributed by atoms with Gasteiger partial charge >= 0.3 is 5.69 Å². The molecule has 1 amide bonds. The molecule has 10 nitrogen and oxygen atoms in total. The molecule has 0 spiro atoms. The first-order valence-electron chi connectivity index (χ1n) is 10.8. The van der Waals surface area contributed by atoms with Crippen LogP contribution in [0.2, 0.25) is 0 Å². The van der Waals surface area contributed by atoms with Crippen LogP contribution in [0.25, 0.3) is 10.9 Å².